The van der Waals surface area contributed by atoms with Crippen LogP contribution in [0.4, 0.5) is 0 Å². The number of nitrogens with one attached hydrogen (secondary N) is 1. The van der Waals surface area contributed by atoms with Gasteiger partial charge in [0.25, 0.3) is 5.56 Å². The third-order valence-electron chi connectivity index (χ3n) is 6.25. The average Bonchev–Trinajstić information content (AvgIpc) is 3.47. The number of benzene rings is 2. The van der Waals surface area contributed by atoms with Crippen LogP contribution >= 0.6 is 11.3 Å². The van der Waals surface area contributed by atoms with Crippen molar-refractivity contribution in [3.8, 4) is 16.8 Å². The highest BCUT2D eigenvalue weighted by atomic mass is 32.1. The summed E-state index contributed by atoms with van der Waals surface area (Å²) in [5.41, 5.74) is 5.27. The molecular formula is C26H26N6OS. The minimum Gasteiger partial charge on any atom is -0.309 e. The van der Waals surface area contributed by atoms with Crippen LogP contribution in [0.25, 0.3) is 27.0 Å². The second-order valence-electron chi connectivity index (χ2n) is 8.61. The second-order valence-corrected chi connectivity index (χ2v) is 9.82. The Morgan fingerprint density at radius 1 is 1.09 bits per heavy atom. The molecule has 0 fully saturated rings. The summed E-state index contributed by atoms with van der Waals surface area (Å²) in [6.07, 6.45) is 3.20. The molecule has 0 aliphatic heterocycles. The van der Waals surface area contributed by atoms with Crippen LogP contribution in [0, 0.1) is 13.8 Å². The standard InChI is InChI=1S/C26H26N6OS/c1-16-5-7-20(8-6-16)23-18(3)34-26-24(23)25(33)29-22(30-26)13-31(4)17(2)19-9-11-21(12-10-19)32-15-27-14-28-32/h5-12,14-15,17H,13H2,1-4H3,(H,29,30,33)/t17-/m1/s1. The zero-order valence-electron chi connectivity index (χ0n) is 19.6. The van der Waals surface area contributed by atoms with Crippen molar-refractivity contribution in [1.82, 2.24) is 29.6 Å². The molecule has 8 heteroatoms. The highest BCUT2D eigenvalue weighted by Gasteiger charge is 2.18. The van der Waals surface area contributed by atoms with E-state index in [0.717, 1.165) is 26.5 Å². The number of rotatable bonds is 6. The highest BCUT2D eigenvalue weighted by molar-refractivity contribution is 7.19. The molecule has 3 heterocycles. The molecule has 1 atom stereocenters. The van der Waals surface area contributed by atoms with Crippen molar-refractivity contribution in [2.45, 2.75) is 33.4 Å². The zero-order valence-corrected chi connectivity index (χ0v) is 20.4. The third kappa shape index (κ3) is 4.18. The van der Waals surface area contributed by atoms with Gasteiger partial charge in [-0.2, -0.15) is 5.10 Å². The molecule has 7 nitrogen and oxygen atoms in total. The molecule has 172 valence electrons. The van der Waals surface area contributed by atoms with Gasteiger partial charge in [-0.1, -0.05) is 42.0 Å². The Kier molecular flexibility index (Phi) is 5.85. The molecule has 5 rings (SSSR count). The van der Waals surface area contributed by atoms with Crippen LogP contribution in [0.2, 0.25) is 0 Å². The van der Waals surface area contributed by atoms with E-state index in [-0.39, 0.29) is 11.6 Å². The van der Waals surface area contributed by atoms with Gasteiger partial charge >= 0.3 is 0 Å². The highest BCUT2D eigenvalue weighted by Crippen LogP contribution is 2.35. The summed E-state index contributed by atoms with van der Waals surface area (Å²) in [6.45, 7) is 6.80. The molecule has 0 aliphatic rings. The fourth-order valence-corrected chi connectivity index (χ4v) is 5.25. The number of aryl methyl sites for hydroxylation is 2. The molecule has 0 aliphatic carbocycles. The van der Waals surface area contributed by atoms with Gasteiger partial charge in [0.1, 0.15) is 23.3 Å². The SMILES string of the molecule is Cc1ccc(-c2c(C)sc3nc(CN(C)[C@H](C)c4ccc(-n5cncn5)cc4)[nH]c(=O)c23)cc1. The minimum atomic E-state index is -0.0850. The molecule has 5 aromatic rings. The first-order chi connectivity index (χ1) is 16.4. The Morgan fingerprint density at radius 2 is 1.82 bits per heavy atom. The number of aromatic amines is 1. The van der Waals surface area contributed by atoms with Crippen molar-refractivity contribution in [3.05, 3.63) is 93.4 Å². The number of aromatic nitrogens is 5. The number of hydrogen-bond donors (Lipinski definition) is 1. The van der Waals surface area contributed by atoms with Gasteiger partial charge in [-0.3, -0.25) is 9.69 Å². The topological polar surface area (TPSA) is 79.7 Å². The minimum absolute atomic E-state index is 0.0850. The van der Waals surface area contributed by atoms with E-state index >= 15 is 0 Å². The van der Waals surface area contributed by atoms with Gasteiger partial charge in [-0.05, 0) is 51.1 Å². The average molecular weight is 471 g/mol. The van der Waals surface area contributed by atoms with E-state index in [1.165, 1.54) is 17.5 Å². The van der Waals surface area contributed by atoms with Crippen LogP contribution in [0.5, 0.6) is 0 Å². The summed E-state index contributed by atoms with van der Waals surface area (Å²) in [5.74, 6) is 0.669. The van der Waals surface area contributed by atoms with E-state index in [1.807, 2.05) is 19.2 Å². The lowest BCUT2D eigenvalue weighted by molar-refractivity contribution is 0.247. The number of fused-ring (bicyclic) bond motifs is 1. The molecule has 34 heavy (non-hydrogen) atoms. The molecule has 0 saturated carbocycles. The van der Waals surface area contributed by atoms with E-state index in [2.05, 4.69) is 77.1 Å². The maximum absolute atomic E-state index is 13.1. The van der Waals surface area contributed by atoms with Gasteiger partial charge in [0.05, 0.1) is 17.6 Å². The van der Waals surface area contributed by atoms with Crippen LogP contribution in [0.3, 0.4) is 0 Å². The van der Waals surface area contributed by atoms with Crippen molar-refractivity contribution in [3.63, 3.8) is 0 Å². The summed E-state index contributed by atoms with van der Waals surface area (Å²) >= 11 is 1.58. The molecule has 0 radical (unpaired) electrons. The van der Waals surface area contributed by atoms with E-state index in [1.54, 1.807) is 22.3 Å². The third-order valence-corrected chi connectivity index (χ3v) is 7.25. The van der Waals surface area contributed by atoms with Crippen LogP contribution in [0.15, 0.2) is 66.0 Å². The molecule has 3 aromatic heterocycles. The molecule has 0 amide bonds. The van der Waals surface area contributed by atoms with Crippen LogP contribution in [0.1, 0.15) is 34.8 Å². The summed E-state index contributed by atoms with van der Waals surface area (Å²) in [4.78, 5) is 29.0. The fourth-order valence-electron chi connectivity index (χ4n) is 4.18. The number of thiophene rings is 1. The maximum Gasteiger partial charge on any atom is 0.260 e. The predicted octanol–water partition coefficient (Wildman–Crippen LogP) is 5.04. The van der Waals surface area contributed by atoms with E-state index in [4.69, 9.17) is 4.98 Å². The number of H-pyrrole nitrogens is 1. The maximum atomic E-state index is 13.1. The zero-order chi connectivity index (χ0) is 23.8. The first-order valence-corrected chi connectivity index (χ1v) is 12.0. The van der Waals surface area contributed by atoms with Crippen molar-refractivity contribution >= 4 is 21.6 Å². The van der Waals surface area contributed by atoms with E-state index in [0.29, 0.717) is 17.8 Å². The summed E-state index contributed by atoms with van der Waals surface area (Å²) < 4.78 is 1.73. The normalized spacial score (nSPS) is 12.5. The lowest BCUT2D eigenvalue weighted by Gasteiger charge is -2.24. The summed E-state index contributed by atoms with van der Waals surface area (Å²) in [6, 6.07) is 16.7. The smallest absolute Gasteiger partial charge is 0.260 e. The van der Waals surface area contributed by atoms with Gasteiger partial charge in [0, 0.05) is 16.5 Å². The van der Waals surface area contributed by atoms with Gasteiger partial charge < -0.3 is 4.98 Å². The second kappa shape index (κ2) is 8.96. The van der Waals surface area contributed by atoms with Gasteiger partial charge in [0.2, 0.25) is 0 Å². The lowest BCUT2D eigenvalue weighted by Crippen LogP contribution is -2.25. The summed E-state index contributed by atoms with van der Waals surface area (Å²) in [7, 11) is 2.04. The van der Waals surface area contributed by atoms with Crippen molar-refractivity contribution in [1.29, 1.82) is 0 Å². The first-order valence-electron chi connectivity index (χ1n) is 11.1. The van der Waals surface area contributed by atoms with Crippen LogP contribution < -0.4 is 5.56 Å². The molecule has 0 bridgehead atoms. The van der Waals surface area contributed by atoms with Crippen LogP contribution in [-0.2, 0) is 6.54 Å². The molecule has 0 spiro atoms. The number of nitrogens with zero attached hydrogens (tertiary/aromatic N) is 5. The van der Waals surface area contributed by atoms with Gasteiger partial charge in [-0.15, -0.1) is 11.3 Å². The predicted molar refractivity (Wildman–Crippen MR) is 136 cm³/mol. The number of hydrogen-bond acceptors (Lipinski definition) is 6. The van der Waals surface area contributed by atoms with Gasteiger partial charge in [-0.25, -0.2) is 14.6 Å². The Bertz CT molecular complexity index is 1480. The van der Waals surface area contributed by atoms with Crippen LogP contribution in [-0.4, -0.2) is 36.7 Å². The Labute approximate surface area is 201 Å². The van der Waals surface area contributed by atoms with E-state index < -0.39 is 0 Å². The fraction of sp³-hybridized carbons (Fsp3) is 0.231. The Hall–Kier alpha value is -3.62. The molecule has 0 unspecified atom stereocenters. The lowest BCUT2D eigenvalue weighted by atomic mass is 10.0. The van der Waals surface area contributed by atoms with E-state index in [9.17, 15) is 4.79 Å². The van der Waals surface area contributed by atoms with Crippen molar-refractivity contribution in [2.24, 2.45) is 0 Å². The monoisotopic (exact) mass is 470 g/mol. The molecule has 1 N–H and O–H groups in total. The van der Waals surface area contributed by atoms with Gasteiger partial charge in [0.15, 0.2) is 0 Å². The largest absolute Gasteiger partial charge is 0.309 e. The quantitative estimate of drug-likeness (QED) is 0.376. The Balaban J connectivity index is 1.39. The Morgan fingerprint density at radius 3 is 2.50 bits per heavy atom. The van der Waals surface area contributed by atoms with Crippen molar-refractivity contribution in [2.75, 3.05) is 7.05 Å². The summed E-state index contributed by atoms with van der Waals surface area (Å²) in [5, 5.41) is 4.85. The molecule has 0 saturated heterocycles. The molecular weight excluding hydrogens is 444 g/mol. The first kappa shape index (κ1) is 22.2. The molecule has 2 aromatic carbocycles. The van der Waals surface area contributed by atoms with Crippen molar-refractivity contribution < 1.29 is 0 Å².